The van der Waals surface area contributed by atoms with Crippen LogP contribution in [0.25, 0.3) is 0 Å². The summed E-state index contributed by atoms with van der Waals surface area (Å²) in [5.41, 5.74) is 7.34. The summed E-state index contributed by atoms with van der Waals surface area (Å²) < 4.78 is 5.21. The maximum atomic E-state index is 6.07. The number of ether oxygens (including phenoxy) is 1. The number of hydrogen-bond donors (Lipinski definition) is 1. The third kappa shape index (κ3) is 4.40. The van der Waals surface area contributed by atoms with Gasteiger partial charge in [0.15, 0.2) is 0 Å². The molecule has 2 N–H and O–H groups in total. The summed E-state index contributed by atoms with van der Waals surface area (Å²) in [5.74, 6) is 2.02. The maximum absolute atomic E-state index is 6.07. The standard InChI is InChI=1S/C16H28N2OS/c1-13(11-20-5)18(3)16(2,12-17)10-14-6-8-15(19-4)9-7-14/h6-9,13H,10-12,17H2,1-5H3. The van der Waals surface area contributed by atoms with E-state index in [-0.39, 0.29) is 5.54 Å². The zero-order valence-electron chi connectivity index (χ0n) is 13.3. The molecule has 1 aromatic rings. The molecule has 2 unspecified atom stereocenters. The quantitative estimate of drug-likeness (QED) is 0.800. The molecule has 0 amide bonds. The maximum Gasteiger partial charge on any atom is 0.118 e. The molecule has 2 atom stereocenters. The summed E-state index contributed by atoms with van der Waals surface area (Å²) in [6, 6.07) is 8.78. The Morgan fingerprint density at radius 3 is 2.40 bits per heavy atom. The molecule has 0 aliphatic carbocycles. The number of thioether (sulfide) groups is 1. The lowest BCUT2D eigenvalue weighted by atomic mass is 9.90. The Bertz CT molecular complexity index is 396. The number of nitrogens with zero attached hydrogens (tertiary/aromatic N) is 1. The van der Waals surface area contributed by atoms with Gasteiger partial charge in [-0.15, -0.1) is 0 Å². The van der Waals surface area contributed by atoms with Crippen molar-refractivity contribution in [1.82, 2.24) is 4.90 Å². The van der Waals surface area contributed by atoms with E-state index in [4.69, 9.17) is 10.5 Å². The van der Waals surface area contributed by atoms with E-state index < -0.39 is 0 Å². The van der Waals surface area contributed by atoms with Crippen molar-refractivity contribution < 1.29 is 4.74 Å². The summed E-state index contributed by atoms with van der Waals surface area (Å²) in [7, 11) is 3.87. The minimum Gasteiger partial charge on any atom is -0.497 e. The Hall–Kier alpha value is -0.710. The van der Waals surface area contributed by atoms with Gasteiger partial charge in [0.25, 0.3) is 0 Å². The van der Waals surface area contributed by atoms with Crippen LogP contribution < -0.4 is 10.5 Å². The molecule has 1 rings (SSSR count). The summed E-state index contributed by atoms with van der Waals surface area (Å²) in [4.78, 5) is 2.41. The molecular formula is C16H28N2OS. The van der Waals surface area contributed by atoms with E-state index in [1.807, 2.05) is 23.9 Å². The lowest BCUT2D eigenvalue weighted by Crippen LogP contribution is -2.55. The van der Waals surface area contributed by atoms with Gasteiger partial charge in [0.1, 0.15) is 5.75 Å². The van der Waals surface area contributed by atoms with E-state index in [2.05, 4.69) is 44.2 Å². The Kier molecular flexibility index (Phi) is 6.86. The molecule has 0 spiro atoms. The van der Waals surface area contributed by atoms with Gasteiger partial charge < -0.3 is 10.5 Å². The first kappa shape index (κ1) is 17.3. The second-order valence-corrected chi connectivity index (χ2v) is 6.55. The highest BCUT2D eigenvalue weighted by atomic mass is 32.2. The van der Waals surface area contributed by atoms with E-state index in [1.165, 1.54) is 5.56 Å². The van der Waals surface area contributed by atoms with E-state index in [1.54, 1.807) is 7.11 Å². The SMILES string of the molecule is COc1ccc(CC(C)(CN)N(C)C(C)CSC)cc1. The highest BCUT2D eigenvalue weighted by molar-refractivity contribution is 7.98. The smallest absolute Gasteiger partial charge is 0.118 e. The third-order valence-corrected chi connectivity index (χ3v) is 4.92. The fraction of sp³-hybridized carbons (Fsp3) is 0.625. The van der Waals surface area contributed by atoms with Crippen LogP contribution in [0.5, 0.6) is 5.75 Å². The molecule has 4 heteroatoms. The van der Waals surface area contributed by atoms with E-state index in [0.29, 0.717) is 12.6 Å². The molecule has 0 bridgehead atoms. The highest BCUT2D eigenvalue weighted by Gasteiger charge is 2.30. The number of nitrogens with two attached hydrogens (primary N) is 1. The van der Waals surface area contributed by atoms with Crippen molar-refractivity contribution in [3.63, 3.8) is 0 Å². The minimum atomic E-state index is -0.0241. The van der Waals surface area contributed by atoms with Gasteiger partial charge in [0, 0.05) is 23.9 Å². The van der Waals surface area contributed by atoms with Crippen molar-refractivity contribution in [1.29, 1.82) is 0 Å². The van der Waals surface area contributed by atoms with E-state index in [9.17, 15) is 0 Å². The van der Waals surface area contributed by atoms with Crippen molar-refractivity contribution in [3.8, 4) is 5.75 Å². The Balaban J connectivity index is 2.81. The van der Waals surface area contributed by atoms with Crippen molar-refractivity contribution in [2.75, 3.05) is 32.7 Å². The summed E-state index contributed by atoms with van der Waals surface area (Å²) in [6.45, 7) is 5.15. The first-order chi connectivity index (χ1) is 9.46. The zero-order valence-corrected chi connectivity index (χ0v) is 14.2. The molecule has 0 aromatic heterocycles. The molecule has 0 fully saturated rings. The van der Waals surface area contributed by atoms with Crippen LogP contribution in [0.2, 0.25) is 0 Å². The summed E-state index contributed by atoms with van der Waals surface area (Å²) in [6.07, 6.45) is 3.09. The van der Waals surface area contributed by atoms with Gasteiger partial charge in [-0.05, 0) is 51.3 Å². The average molecular weight is 296 g/mol. The number of hydrogen-bond acceptors (Lipinski definition) is 4. The second-order valence-electron chi connectivity index (χ2n) is 5.64. The fourth-order valence-corrected chi connectivity index (χ4v) is 3.12. The number of rotatable bonds is 8. The van der Waals surface area contributed by atoms with Gasteiger partial charge in [0.2, 0.25) is 0 Å². The zero-order chi connectivity index (χ0) is 15.2. The minimum absolute atomic E-state index is 0.0241. The van der Waals surface area contributed by atoms with Crippen LogP contribution in [-0.4, -0.2) is 49.2 Å². The number of likely N-dealkylation sites (N-methyl/N-ethyl adjacent to an activating group) is 1. The number of methoxy groups -OCH3 is 1. The third-order valence-electron chi connectivity index (χ3n) is 4.10. The summed E-state index contributed by atoms with van der Waals surface area (Å²) >= 11 is 1.88. The van der Waals surface area contributed by atoms with Crippen molar-refractivity contribution >= 4 is 11.8 Å². The van der Waals surface area contributed by atoms with Crippen LogP contribution in [0, 0.1) is 0 Å². The molecular weight excluding hydrogens is 268 g/mol. The Morgan fingerprint density at radius 1 is 1.35 bits per heavy atom. The van der Waals surface area contributed by atoms with Gasteiger partial charge in [-0.1, -0.05) is 12.1 Å². The van der Waals surface area contributed by atoms with Crippen LogP contribution in [0.1, 0.15) is 19.4 Å². The number of benzene rings is 1. The highest BCUT2D eigenvalue weighted by Crippen LogP contribution is 2.23. The van der Waals surface area contributed by atoms with Crippen molar-refractivity contribution in [3.05, 3.63) is 29.8 Å². The lowest BCUT2D eigenvalue weighted by Gasteiger charge is -2.42. The predicted octanol–water partition coefficient (Wildman–Crippen LogP) is 2.64. The molecule has 0 saturated heterocycles. The van der Waals surface area contributed by atoms with Crippen LogP contribution in [0.15, 0.2) is 24.3 Å². The predicted molar refractivity (Wildman–Crippen MR) is 89.8 cm³/mol. The van der Waals surface area contributed by atoms with Crippen molar-refractivity contribution in [2.45, 2.75) is 31.8 Å². The Morgan fingerprint density at radius 2 is 1.95 bits per heavy atom. The van der Waals surface area contributed by atoms with Gasteiger partial charge in [-0.3, -0.25) is 4.90 Å². The van der Waals surface area contributed by atoms with Gasteiger partial charge in [0.05, 0.1) is 7.11 Å². The second kappa shape index (κ2) is 7.91. The fourth-order valence-electron chi connectivity index (χ4n) is 2.41. The summed E-state index contributed by atoms with van der Waals surface area (Å²) in [5, 5.41) is 0. The van der Waals surface area contributed by atoms with E-state index in [0.717, 1.165) is 17.9 Å². The molecule has 20 heavy (non-hydrogen) atoms. The molecule has 0 aliphatic rings. The molecule has 0 radical (unpaired) electrons. The van der Waals surface area contributed by atoms with Gasteiger partial charge in [-0.2, -0.15) is 11.8 Å². The molecule has 114 valence electrons. The first-order valence-corrected chi connectivity index (χ1v) is 8.41. The average Bonchev–Trinajstić information content (AvgIpc) is 2.47. The lowest BCUT2D eigenvalue weighted by molar-refractivity contribution is 0.111. The monoisotopic (exact) mass is 296 g/mol. The largest absolute Gasteiger partial charge is 0.497 e. The molecule has 0 heterocycles. The topological polar surface area (TPSA) is 38.5 Å². The normalized spacial score (nSPS) is 15.9. The molecule has 3 nitrogen and oxygen atoms in total. The molecule has 1 aromatic carbocycles. The van der Waals surface area contributed by atoms with Gasteiger partial charge in [-0.25, -0.2) is 0 Å². The van der Waals surface area contributed by atoms with Gasteiger partial charge >= 0.3 is 0 Å². The van der Waals surface area contributed by atoms with Crippen LogP contribution in [0.3, 0.4) is 0 Å². The van der Waals surface area contributed by atoms with E-state index >= 15 is 0 Å². The molecule has 0 aliphatic heterocycles. The van der Waals surface area contributed by atoms with Crippen molar-refractivity contribution in [2.24, 2.45) is 5.73 Å². The van der Waals surface area contributed by atoms with Crippen LogP contribution in [0.4, 0.5) is 0 Å². The molecule has 0 saturated carbocycles. The Labute approximate surface area is 127 Å². The van der Waals surface area contributed by atoms with Crippen LogP contribution in [-0.2, 0) is 6.42 Å². The first-order valence-electron chi connectivity index (χ1n) is 7.01. The van der Waals surface area contributed by atoms with Crippen LogP contribution >= 0.6 is 11.8 Å².